The first kappa shape index (κ1) is 19.0. The number of nitrogens with zero attached hydrogens (tertiary/aromatic N) is 5. The van der Waals surface area contributed by atoms with Gasteiger partial charge in [0.1, 0.15) is 5.82 Å². The maximum Gasteiger partial charge on any atom is 0.317 e. The van der Waals surface area contributed by atoms with Crippen molar-refractivity contribution in [1.82, 2.24) is 19.9 Å². The number of pyridine rings is 1. The van der Waals surface area contributed by atoms with Crippen LogP contribution >= 0.6 is 0 Å². The molecule has 1 saturated heterocycles. The van der Waals surface area contributed by atoms with Crippen molar-refractivity contribution in [2.45, 2.75) is 6.92 Å². The highest BCUT2D eigenvalue weighted by atomic mass is 16.4. The predicted octanol–water partition coefficient (Wildman–Crippen LogP) is 2.72. The molecule has 1 aliphatic rings. The van der Waals surface area contributed by atoms with E-state index in [9.17, 15) is 4.79 Å². The number of hydrogen-bond acceptors (Lipinski definition) is 6. The first-order valence-electron chi connectivity index (χ1n) is 9.64. The van der Waals surface area contributed by atoms with Crippen LogP contribution in [0.2, 0.25) is 0 Å². The predicted molar refractivity (Wildman–Crippen MR) is 112 cm³/mol. The van der Waals surface area contributed by atoms with E-state index in [1.807, 2.05) is 35.2 Å². The second-order valence-electron chi connectivity index (χ2n) is 7.19. The van der Waals surface area contributed by atoms with E-state index in [2.05, 4.69) is 28.9 Å². The Morgan fingerprint density at radius 1 is 0.966 bits per heavy atom. The molecule has 1 aromatic carbocycles. The molecule has 1 fully saturated rings. The second kappa shape index (κ2) is 8.36. The summed E-state index contributed by atoms with van der Waals surface area (Å²) in [4.78, 5) is 28.8. The number of carboxylic acids is 1. The van der Waals surface area contributed by atoms with Gasteiger partial charge in [-0.05, 0) is 19.1 Å². The van der Waals surface area contributed by atoms with Gasteiger partial charge in [0.15, 0.2) is 5.82 Å². The number of aryl methyl sites for hydroxylation is 1. The van der Waals surface area contributed by atoms with E-state index in [1.165, 1.54) is 5.56 Å². The largest absolute Gasteiger partial charge is 0.480 e. The fraction of sp³-hybridized carbons (Fsp3) is 0.273. The van der Waals surface area contributed by atoms with Gasteiger partial charge in [0, 0.05) is 55.8 Å². The Hall–Kier alpha value is -3.32. The van der Waals surface area contributed by atoms with Crippen LogP contribution < -0.4 is 4.90 Å². The monoisotopic (exact) mass is 389 g/mol. The topological polar surface area (TPSA) is 82.5 Å². The van der Waals surface area contributed by atoms with Crippen molar-refractivity contribution in [3.05, 3.63) is 60.4 Å². The first-order valence-corrected chi connectivity index (χ1v) is 9.64. The van der Waals surface area contributed by atoms with E-state index in [0.717, 1.165) is 35.7 Å². The Bertz CT molecular complexity index is 984. The van der Waals surface area contributed by atoms with Crippen LogP contribution in [0, 0.1) is 6.92 Å². The van der Waals surface area contributed by atoms with Gasteiger partial charge in [-0.1, -0.05) is 29.8 Å². The van der Waals surface area contributed by atoms with Crippen molar-refractivity contribution in [2.24, 2.45) is 0 Å². The van der Waals surface area contributed by atoms with Crippen molar-refractivity contribution in [3.8, 4) is 22.6 Å². The van der Waals surface area contributed by atoms with E-state index in [-0.39, 0.29) is 6.54 Å². The smallest absolute Gasteiger partial charge is 0.317 e. The van der Waals surface area contributed by atoms with Gasteiger partial charge in [-0.3, -0.25) is 14.7 Å². The van der Waals surface area contributed by atoms with E-state index < -0.39 is 5.97 Å². The van der Waals surface area contributed by atoms with Crippen molar-refractivity contribution in [3.63, 3.8) is 0 Å². The number of aromatic nitrogens is 3. The Morgan fingerprint density at radius 3 is 2.31 bits per heavy atom. The van der Waals surface area contributed by atoms with Crippen molar-refractivity contribution >= 4 is 11.8 Å². The number of hydrogen-bond donors (Lipinski definition) is 1. The van der Waals surface area contributed by atoms with E-state index in [0.29, 0.717) is 18.9 Å². The van der Waals surface area contributed by atoms with Crippen LogP contribution in [-0.2, 0) is 4.79 Å². The minimum Gasteiger partial charge on any atom is -0.480 e. The summed E-state index contributed by atoms with van der Waals surface area (Å²) in [5.41, 5.74) is 3.99. The van der Waals surface area contributed by atoms with Gasteiger partial charge in [0.2, 0.25) is 0 Å². The Labute approximate surface area is 169 Å². The molecule has 0 amide bonds. The molecule has 7 heteroatoms. The summed E-state index contributed by atoms with van der Waals surface area (Å²) < 4.78 is 0. The molecule has 0 unspecified atom stereocenters. The van der Waals surface area contributed by atoms with Gasteiger partial charge in [-0.25, -0.2) is 9.97 Å². The number of carboxylic acid groups (broad SMARTS) is 1. The summed E-state index contributed by atoms with van der Waals surface area (Å²) in [6, 6.07) is 14.1. The molecule has 29 heavy (non-hydrogen) atoms. The average molecular weight is 389 g/mol. The van der Waals surface area contributed by atoms with Crippen molar-refractivity contribution < 1.29 is 9.90 Å². The lowest BCUT2D eigenvalue weighted by atomic mass is 10.1. The number of rotatable bonds is 5. The fourth-order valence-corrected chi connectivity index (χ4v) is 3.43. The number of anilines is 1. The Morgan fingerprint density at radius 2 is 1.66 bits per heavy atom. The minimum absolute atomic E-state index is 0.0779. The van der Waals surface area contributed by atoms with Gasteiger partial charge >= 0.3 is 5.97 Å². The van der Waals surface area contributed by atoms with Crippen LogP contribution in [0.3, 0.4) is 0 Å². The molecule has 1 N–H and O–H groups in total. The highest BCUT2D eigenvalue weighted by molar-refractivity contribution is 5.69. The summed E-state index contributed by atoms with van der Waals surface area (Å²) in [5.74, 6) is 0.752. The van der Waals surface area contributed by atoms with Gasteiger partial charge in [-0.2, -0.15) is 0 Å². The number of benzene rings is 1. The molecule has 0 aliphatic carbocycles. The molecular weight excluding hydrogens is 366 g/mol. The second-order valence-corrected chi connectivity index (χ2v) is 7.19. The zero-order valence-corrected chi connectivity index (χ0v) is 16.3. The molecule has 0 atom stereocenters. The lowest BCUT2D eigenvalue weighted by Gasteiger charge is -2.34. The molecular formula is C22H23N5O2. The maximum atomic E-state index is 11.0. The van der Waals surface area contributed by atoms with Crippen LogP contribution in [0.1, 0.15) is 5.56 Å². The fourth-order valence-electron chi connectivity index (χ4n) is 3.43. The molecule has 1 aliphatic heterocycles. The van der Waals surface area contributed by atoms with Crippen molar-refractivity contribution in [2.75, 3.05) is 37.6 Å². The number of carbonyl (C=O) groups is 1. The summed E-state index contributed by atoms with van der Waals surface area (Å²) >= 11 is 0. The van der Waals surface area contributed by atoms with Gasteiger partial charge in [-0.15, -0.1) is 0 Å². The molecule has 0 radical (unpaired) electrons. The molecule has 0 saturated carbocycles. The van der Waals surface area contributed by atoms with Crippen LogP contribution in [0.25, 0.3) is 22.6 Å². The Kier molecular flexibility index (Phi) is 5.48. The van der Waals surface area contributed by atoms with E-state index >= 15 is 0 Å². The van der Waals surface area contributed by atoms with E-state index in [1.54, 1.807) is 12.4 Å². The molecule has 148 valence electrons. The maximum absolute atomic E-state index is 11.0. The highest BCUT2D eigenvalue weighted by Gasteiger charge is 2.21. The number of aliphatic carboxylic acids is 1. The SMILES string of the molecule is Cc1ccc(-c2nc(-c3ccncc3)cc(N3CCN(CC(=O)O)CC3)n2)cc1. The van der Waals surface area contributed by atoms with Crippen LogP contribution in [-0.4, -0.2) is 63.7 Å². The summed E-state index contributed by atoms with van der Waals surface area (Å²) in [7, 11) is 0. The molecule has 0 spiro atoms. The summed E-state index contributed by atoms with van der Waals surface area (Å²) in [5, 5.41) is 9.01. The lowest BCUT2D eigenvalue weighted by molar-refractivity contribution is -0.138. The van der Waals surface area contributed by atoms with Crippen LogP contribution in [0.4, 0.5) is 5.82 Å². The first-order chi connectivity index (χ1) is 14.1. The third-order valence-corrected chi connectivity index (χ3v) is 5.05. The zero-order chi connectivity index (χ0) is 20.2. The standard InChI is InChI=1S/C22H23N5O2/c1-16-2-4-18(5-3-16)22-24-19(17-6-8-23-9-7-17)14-20(25-22)27-12-10-26(11-13-27)15-21(28)29/h2-9,14H,10-13,15H2,1H3,(H,28,29). The van der Waals surface area contributed by atoms with E-state index in [4.69, 9.17) is 15.1 Å². The zero-order valence-electron chi connectivity index (χ0n) is 16.3. The average Bonchev–Trinajstić information content (AvgIpc) is 2.75. The summed E-state index contributed by atoms with van der Waals surface area (Å²) in [6.45, 7) is 4.98. The number of piperazine rings is 1. The quantitative estimate of drug-likeness (QED) is 0.718. The molecule has 3 heterocycles. The lowest BCUT2D eigenvalue weighted by Crippen LogP contribution is -2.48. The van der Waals surface area contributed by atoms with Gasteiger partial charge in [0.25, 0.3) is 0 Å². The molecule has 7 nitrogen and oxygen atoms in total. The Balaban J connectivity index is 1.67. The minimum atomic E-state index is -0.790. The normalized spacial score (nSPS) is 14.7. The molecule has 3 aromatic rings. The highest BCUT2D eigenvalue weighted by Crippen LogP contribution is 2.26. The third-order valence-electron chi connectivity index (χ3n) is 5.05. The molecule has 2 aromatic heterocycles. The van der Waals surface area contributed by atoms with Gasteiger partial charge in [0.05, 0.1) is 12.2 Å². The van der Waals surface area contributed by atoms with Crippen molar-refractivity contribution in [1.29, 1.82) is 0 Å². The summed E-state index contributed by atoms with van der Waals surface area (Å²) in [6.07, 6.45) is 3.51. The van der Waals surface area contributed by atoms with Crippen LogP contribution in [0.15, 0.2) is 54.9 Å². The van der Waals surface area contributed by atoms with Gasteiger partial charge < -0.3 is 10.0 Å². The van der Waals surface area contributed by atoms with Crippen LogP contribution in [0.5, 0.6) is 0 Å². The third kappa shape index (κ3) is 4.57. The molecule has 4 rings (SSSR count). The molecule has 0 bridgehead atoms.